The first kappa shape index (κ1) is 14.6. The molecule has 0 heterocycles. The number of amides is 2. The fourth-order valence-corrected chi connectivity index (χ4v) is 1.42. The van der Waals surface area contributed by atoms with Crippen molar-refractivity contribution in [1.29, 1.82) is 5.26 Å². The summed E-state index contributed by atoms with van der Waals surface area (Å²) in [4.78, 5) is 12.8. The molecule has 0 aliphatic rings. The Morgan fingerprint density at radius 2 is 2.16 bits per heavy atom. The highest BCUT2D eigenvalue weighted by atomic mass is 16.5. The van der Waals surface area contributed by atoms with Crippen molar-refractivity contribution in [2.24, 2.45) is 0 Å². The second-order valence-corrected chi connectivity index (χ2v) is 4.08. The molecule has 0 saturated heterocycles. The lowest BCUT2D eigenvalue weighted by atomic mass is 10.2. The molecular weight excluding hydrogens is 244 g/mol. The zero-order valence-electron chi connectivity index (χ0n) is 11.4. The summed E-state index contributed by atoms with van der Waals surface area (Å²) in [7, 11) is 4.93. The third kappa shape index (κ3) is 4.39. The monoisotopic (exact) mass is 262 g/mol. The first-order chi connectivity index (χ1) is 9.08. The van der Waals surface area contributed by atoms with Crippen LogP contribution in [0.4, 0.5) is 10.5 Å². The van der Waals surface area contributed by atoms with E-state index in [1.165, 1.54) is 4.90 Å². The van der Waals surface area contributed by atoms with Gasteiger partial charge in [0.1, 0.15) is 11.8 Å². The van der Waals surface area contributed by atoms with Gasteiger partial charge in [-0.1, -0.05) is 0 Å². The molecule has 1 rings (SSSR count). The number of nitrogens with zero attached hydrogens (tertiary/aromatic N) is 2. The van der Waals surface area contributed by atoms with Crippen molar-refractivity contribution in [3.8, 4) is 11.8 Å². The first-order valence-corrected chi connectivity index (χ1v) is 5.85. The molecule has 6 nitrogen and oxygen atoms in total. The first-order valence-electron chi connectivity index (χ1n) is 5.85. The molecule has 0 aliphatic heterocycles. The quantitative estimate of drug-likeness (QED) is 0.783. The van der Waals surface area contributed by atoms with E-state index < -0.39 is 0 Å². The SMILES string of the molecule is COc1ccc(C#N)c(NCCNC(=O)N(C)C)c1. The molecule has 0 fully saturated rings. The van der Waals surface area contributed by atoms with E-state index >= 15 is 0 Å². The van der Waals surface area contributed by atoms with Crippen LogP contribution >= 0.6 is 0 Å². The summed E-state index contributed by atoms with van der Waals surface area (Å²) < 4.78 is 5.10. The summed E-state index contributed by atoms with van der Waals surface area (Å²) in [6.45, 7) is 1.00. The summed E-state index contributed by atoms with van der Waals surface area (Å²) in [6.07, 6.45) is 0. The molecule has 1 aromatic carbocycles. The maximum absolute atomic E-state index is 11.3. The molecule has 0 atom stereocenters. The number of rotatable bonds is 5. The van der Waals surface area contributed by atoms with Gasteiger partial charge in [-0.2, -0.15) is 5.26 Å². The van der Waals surface area contributed by atoms with E-state index in [-0.39, 0.29) is 6.03 Å². The lowest BCUT2D eigenvalue weighted by Crippen LogP contribution is -2.37. The van der Waals surface area contributed by atoms with Crippen molar-refractivity contribution in [2.75, 3.05) is 39.6 Å². The van der Waals surface area contributed by atoms with Crippen molar-refractivity contribution in [3.63, 3.8) is 0 Å². The minimum absolute atomic E-state index is 0.145. The maximum atomic E-state index is 11.3. The van der Waals surface area contributed by atoms with E-state index in [9.17, 15) is 4.79 Å². The van der Waals surface area contributed by atoms with Crippen molar-refractivity contribution in [1.82, 2.24) is 10.2 Å². The molecule has 0 spiro atoms. The van der Waals surface area contributed by atoms with Gasteiger partial charge in [-0.15, -0.1) is 0 Å². The Labute approximate surface area is 113 Å². The average molecular weight is 262 g/mol. The van der Waals surface area contributed by atoms with Gasteiger partial charge in [-0.25, -0.2) is 4.79 Å². The normalized spacial score (nSPS) is 9.37. The van der Waals surface area contributed by atoms with Gasteiger partial charge in [-0.05, 0) is 12.1 Å². The van der Waals surface area contributed by atoms with Crippen LogP contribution in [0.25, 0.3) is 0 Å². The Hall–Kier alpha value is -2.42. The van der Waals surface area contributed by atoms with E-state index in [1.807, 2.05) is 0 Å². The van der Waals surface area contributed by atoms with Crippen LogP contribution in [-0.4, -0.2) is 45.2 Å². The highest BCUT2D eigenvalue weighted by Crippen LogP contribution is 2.21. The molecule has 2 N–H and O–H groups in total. The molecule has 0 aliphatic carbocycles. The van der Waals surface area contributed by atoms with E-state index in [0.29, 0.717) is 30.1 Å². The van der Waals surface area contributed by atoms with Gasteiger partial charge in [0.2, 0.25) is 0 Å². The molecular formula is C13H18N4O2. The van der Waals surface area contributed by atoms with E-state index in [2.05, 4.69) is 16.7 Å². The van der Waals surface area contributed by atoms with Gasteiger partial charge in [0.25, 0.3) is 0 Å². The largest absolute Gasteiger partial charge is 0.497 e. The topological polar surface area (TPSA) is 77.4 Å². The van der Waals surface area contributed by atoms with Gasteiger partial charge in [-0.3, -0.25) is 0 Å². The number of nitriles is 1. The van der Waals surface area contributed by atoms with Crippen molar-refractivity contribution in [3.05, 3.63) is 23.8 Å². The van der Waals surface area contributed by atoms with Crippen molar-refractivity contribution in [2.45, 2.75) is 0 Å². The Kier molecular flexibility index (Phi) is 5.48. The molecule has 0 saturated carbocycles. The number of benzene rings is 1. The molecule has 102 valence electrons. The molecule has 2 amide bonds. The van der Waals surface area contributed by atoms with Crippen LogP contribution in [0, 0.1) is 11.3 Å². The number of urea groups is 1. The predicted molar refractivity (Wildman–Crippen MR) is 73.3 cm³/mol. The smallest absolute Gasteiger partial charge is 0.316 e. The van der Waals surface area contributed by atoms with Gasteiger partial charge >= 0.3 is 6.03 Å². The van der Waals surface area contributed by atoms with Crippen LogP contribution in [0.5, 0.6) is 5.75 Å². The second kappa shape index (κ2) is 7.11. The second-order valence-electron chi connectivity index (χ2n) is 4.08. The highest BCUT2D eigenvalue weighted by Gasteiger charge is 2.04. The molecule has 0 radical (unpaired) electrons. The van der Waals surface area contributed by atoms with Crippen molar-refractivity contribution < 1.29 is 9.53 Å². The maximum Gasteiger partial charge on any atom is 0.316 e. The van der Waals surface area contributed by atoms with Crippen LogP contribution < -0.4 is 15.4 Å². The summed E-state index contributed by atoms with van der Waals surface area (Å²) in [5.74, 6) is 0.679. The zero-order chi connectivity index (χ0) is 14.3. The predicted octanol–water partition coefficient (Wildman–Crippen LogP) is 1.25. The van der Waals surface area contributed by atoms with Gasteiger partial charge in [0.15, 0.2) is 0 Å². The lowest BCUT2D eigenvalue weighted by Gasteiger charge is -2.13. The number of hydrogen-bond acceptors (Lipinski definition) is 4. The molecule has 0 aromatic heterocycles. The average Bonchev–Trinajstić information content (AvgIpc) is 2.42. The number of methoxy groups -OCH3 is 1. The minimum Gasteiger partial charge on any atom is -0.497 e. The number of carbonyl (C=O) groups excluding carboxylic acids is 1. The number of carbonyl (C=O) groups is 1. The molecule has 1 aromatic rings. The Morgan fingerprint density at radius 3 is 2.74 bits per heavy atom. The van der Waals surface area contributed by atoms with E-state index in [0.717, 1.165) is 0 Å². The lowest BCUT2D eigenvalue weighted by molar-refractivity contribution is 0.218. The third-order valence-corrected chi connectivity index (χ3v) is 2.47. The Morgan fingerprint density at radius 1 is 1.42 bits per heavy atom. The minimum atomic E-state index is -0.145. The van der Waals surface area contributed by atoms with Crippen LogP contribution in [0.2, 0.25) is 0 Å². The van der Waals surface area contributed by atoms with Crippen molar-refractivity contribution >= 4 is 11.7 Å². The standard InChI is InChI=1S/C13H18N4O2/c1-17(2)13(18)16-7-6-15-12-8-11(19-3)5-4-10(12)9-14/h4-5,8,15H,6-7H2,1-3H3,(H,16,18). The summed E-state index contributed by atoms with van der Waals surface area (Å²) in [6, 6.07) is 7.14. The van der Waals surface area contributed by atoms with Crippen LogP contribution in [-0.2, 0) is 0 Å². The summed E-state index contributed by atoms with van der Waals surface area (Å²) in [5, 5.41) is 14.8. The highest BCUT2D eigenvalue weighted by molar-refractivity contribution is 5.73. The van der Waals surface area contributed by atoms with Crippen LogP contribution in [0.15, 0.2) is 18.2 Å². The van der Waals surface area contributed by atoms with E-state index in [1.54, 1.807) is 39.4 Å². The summed E-state index contributed by atoms with van der Waals surface area (Å²) >= 11 is 0. The van der Waals surface area contributed by atoms with Gasteiger partial charge < -0.3 is 20.3 Å². The molecule has 0 bridgehead atoms. The fourth-order valence-electron chi connectivity index (χ4n) is 1.42. The van der Waals surface area contributed by atoms with E-state index in [4.69, 9.17) is 10.00 Å². The molecule has 6 heteroatoms. The zero-order valence-corrected chi connectivity index (χ0v) is 11.4. The summed E-state index contributed by atoms with van der Waals surface area (Å²) in [5.41, 5.74) is 1.24. The number of ether oxygens (including phenoxy) is 1. The Balaban J connectivity index is 2.53. The third-order valence-electron chi connectivity index (χ3n) is 2.47. The Bertz CT molecular complexity index is 480. The number of nitrogens with one attached hydrogen (secondary N) is 2. The van der Waals surface area contributed by atoms with Crippen LogP contribution in [0.3, 0.4) is 0 Å². The molecule has 0 unspecified atom stereocenters. The fraction of sp³-hybridized carbons (Fsp3) is 0.385. The van der Waals surface area contributed by atoms with Gasteiger partial charge in [0, 0.05) is 33.3 Å². The molecule has 19 heavy (non-hydrogen) atoms. The number of hydrogen-bond donors (Lipinski definition) is 2. The number of anilines is 1. The van der Waals surface area contributed by atoms with Gasteiger partial charge in [0.05, 0.1) is 18.4 Å². The van der Waals surface area contributed by atoms with Crippen LogP contribution in [0.1, 0.15) is 5.56 Å².